The lowest BCUT2D eigenvalue weighted by Crippen LogP contribution is -2.46. The number of piperidine rings is 1. The van der Waals surface area contributed by atoms with Gasteiger partial charge >= 0.3 is 0 Å². The highest BCUT2D eigenvalue weighted by molar-refractivity contribution is 5.84. The number of H-pyrrole nitrogens is 1. The van der Waals surface area contributed by atoms with Crippen molar-refractivity contribution in [1.82, 2.24) is 9.88 Å². The summed E-state index contributed by atoms with van der Waals surface area (Å²) in [6.45, 7) is 1.79. The van der Waals surface area contributed by atoms with E-state index in [1.165, 1.54) is 36.6 Å². The van der Waals surface area contributed by atoms with Crippen molar-refractivity contribution >= 4 is 16.8 Å². The lowest BCUT2D eigenvalue weighted by Gasteiger charge is -2.41. The lowest BCUT2D eigenvalue weighted by atomic mass is 9.75. The van der Waals surface area contributed by atoms with Crippen molar-refractivity contribution in [1.29, 1.82) is 0 Å². The Hall–Kier alpha value is -1.97. The molecule has 4 nitrogen and oxygen atoms in total. The summed E-state index contributed by atoms with van der Waals surface area (Å²) in [6, 6.07) is 6.10. The van der Waals surface area contributed by atoms with Gasteiger partial charge in [0, 0.05) is 36.6 Å². The number of rotatable bonds is 4. The first-order chi connectivity index (χ1) is 11.7. The molecular weight excluding hydrogens is 300 g/mol. The largest absolute Gasteiger partial charge is 0.497 e. The van der Waals surface area contributed by atoms with Crippen molar-refractivity contribution in [3.63, 3.8) is 0 Å². The average Bonchev–Trinajstić information content (AvgIpc) is 3.02. The number of aromatic amines is 1. The lowest BCUT2D eigenvalue weighted by molar-refractivity contribution is -0.138. The molecule has 1 saturated carbocycles. The molecule has 1 amide bonds. The molecule has 1 saturated heterocycles. The van der Waals surface area contributed by atoms with Crippen LogP contribution in [0.2, 0.25) is 0 Å². The maximum atomic E-state index is 12.5. The summed E-state index contributed by atoms with van der Waals surface area (Å²) >= 11 is 0. The van der Waals surface area contributed by atoms with E-state index in [9.17, 15) is 4.79 Å². The van der Waals surface area contributed by atoms with Gasteiger partial charge in [-0.3, -0.25) is 4.79 Å². The normalized spacial score (nSPS) is 24.2. The highest BCUT2D eigenvalue weighted by Gasteiger charge is 2.35. The van der Waals surface area contributed by atoms with E-state index in [1.807, 2.05) is 6.07 Å². The van der Waals surface area contributed by atoms with E-state index >= 15 is 0 Å². The molecule has 0 radical (unpaired) electrons. The van der Waals surface area contributed by atoms with Gasteiger partial charge in [0.2, 0.25) is 5.91 Å². The van der Waals surface area contributed by atoms with Crippen molar-refractivity contribution in [3.8, 4) is 5.75 Å². The minimum absolute atomic E-state index is 0.357. The number of amides is 1. The highest BCUT2D eigenvalue weighted by Crippen LogP contribution is 2.36. The molecule has 4 rings (SSSR count). The number of methoxy groups -OCH3 is 1. The first-order valence-electron chi connectivity index (χ1n) is 9.16. The molecule has 24 heavy (non-hydrogen) atoms. The molecule has 1 aromatic heterocycles. The second-order valence-electron chi connectivity index (χ2n) is 7.32. The molecule has 0 spiro atoms. The maximum absolute atomic E-state index is 12.5. The van der Waals surface area contributed by atoms with E-state index in [4.69, 9.17) is 4.74 Å². The zero-order chi connectivity index (χ0) is 16.5. The molecule has 1 aliphatic carbocycles. The predicted molar refractivity (Wildman–Crippen MR) is 95.2 cm³/mol. The van der Waals surface area contributed by atoms with E-state index in [0.717, 1.165) is 43.1 Å². The number of ether oxygens (including phenoxy) is 1. The van der Waals surface area contributed by atoms with Gasteiger partial charge in [-0.25, -0.2) is 0 Å². The predicted octanol–water partition coefficient (Wildman–Crippen LogP) is 3.76. The third-order valence-corrected chi connectivity index (χ3v) is 5.94. The van der Waals surface area contributed by atoms with Gasteiger partial charge in [-0.05, 0) is 54.9 Å². The molecule has 2 heterocycles. The summed E-state index contributed by atoms with van der Waals surface area (Å²) in [5.41, 5.74) is 2.39. The van der Waals surface area contributed by atoms with Crippen LogP contribution < -0.4 is 4.74 Å². The Labute approximate surface area is 143 Å². The number of carbonyl (C=O) groups is 1. The Morgan fingerprint density at radius 2 is 2.08 bits per heavy atom. The van der Waals surface area contributed by atoms with E-state index < -0.39 is 0 Å². The number of likely N-dealkylation sites (tertiary alicyclic amines) is 1. The molecule has 2 unspecified atom stereocenters. The Morgan fingerprint density at radius 1 is 1.25 bits per heavy atom. The Balaban J connectivity index is 1.45. The SMILES string of the molecule is COc1ccc2[nH]cc(CCN3CC4CCCCC4CC3=O)c2c1. The Kier molecular flexibility index (Phi) is 4.21. The summed E-state index contributed by atoms with van der Waals surface area (Å²) in [4.78, 5) is 17.9. The van der Waals surface area contributed by atoms with Gasteiger partial charge in [0.05, 0.1) is 7.11 Å². The third kappa shape index (κ3) is 2.90. The van der Waals surface area contributed by atoms with Gasteiger partial charge in [-0.15, -0.1) is 0 Å². The first-order valence-corrected chi connectivity index (χ1v) is 9.16. The van der Waals surface area contributed by atoms with E-state index in [-0.39, 0.29) is 0 Å². The summed E-state index contributed by atoms with van der Waals surface area (Å²) < 4.78 is 5.34. The molecule has 4 heteroatoms. The van der Waals surface area contributed by atoms with Crippen molar-refractivity contribution in [2.24, 2.45) is 11.8 Å². The number of aromatic nitrogens is 1. The number of nitrogens with one attached hydrogen (secondary N) is 1. The van der Waals surface area contributed by atoms with Crippen LogP contribution >= 0.6 is 0 Å². The van der Waals surface area contributed by atoms with Crippen LogP contribution in [0.15, 0.2) is 24.4 Å². The number of hydrogen-bond donors (Lipinski definition) is 1. The second kappa shape index (κ2) is 6.50. The molecule has 2 aromatic rings. The number of carbonyl (C=O) groups excluding carboxylic acids is 1. The zero-order valence-corrected chi connectivity index (χ0v) is 14.4. The van der Waals surface area contributed by atoms with Crippen LogP contribution in [0.4, 0.5) is 0 Å². The standard InChI is InChI=1S/C20H26N2O2/c1-24-17-6-7-19-18(11-17)15(12-21-19)8-9-22-13-16-5-3-2-4-14(16)10-20(22)23/h6-7,11-12,14,16,21H,2-5,8-10,13H2,1H3. The first kappa shape index (κ1) is 15.6. The van der Waals surface area contributed by atoms with Crippen LogP contribution in [0.3, 0.4) is 0 Å². The number of fused-ring (bicyclic) bond motifs is 2. The summed E-state index contributed by atoms with van der Waals surface area (Å²) in [5.74, 6) is 2.62. The van der Waals surface area contributed by atoms with Crippen LogP contribution in [0, 0.1) is 11.8 Å². The van der Waals surface area contributed by atoms with Crippen LogP contribution in [0.25, 0.3) is 10.9 Å². The highest BCUT2D eigenvalue weighted by atomic mass is 16.5. The van der Waals surface area contributed by atoms with Gasteiger partial charge < -0.3 is 14.6 Å². The zero-order valence-electron chi connectivity index (χ0n) is 14.4. The van der Waals surface area contributed by atoms with E-state index in [1.54, 1.807) is 7.11 Å². The monoisotopic (exact) mass is 326 g/mol. The van der Waals surface area contributed by atoms with Crippen LogP contribution in [0.5, 0.6) is 5.75 Å². The van der Waals surface area contributed by atoms with Gasteiger partial charge in [0.15, 0.2) is 0 Å². The van der Waals surface area contributed by atoms with Crippen molar-refractivity contribution in [2.45, 2.75) is 38.5 Å². The van der Waals surface area contributed by atoms with Gasteiger partial charge in [-0.1, -0.05) is 12.8 Å². The maximum Gasteiger partial charge on any atom is 0.222 e. The van der Waals surface area contributed by atoms with Crippen molar-refractivity contribution < 1.29 is 9.53 Å². The molecule has 1 aromatic carbocycles. The topological polar surface area (TPSA) is 45.3 Å². The van der Waals surface area contributed by atoms with Crippen LogP contribution in [0.1, 0.15) is 37.7 Å². The molecule has 2 atom stereocenters. The molecular formula is C20H26N2O2. The molecule has 2 aliphatic rings. The molecule has 1 aliphatic heterocycles. The fourth-order valence-corrected chi connectivity index (χ4v) is 4.49. The fraction of sp³-hybridized carbons (Fsp3) is 0.550. The third-order valence-electron chi connectivity index (χ3n) is 5.94. The molecule has 0 bridgehead atoms. The van der Waals surface area contributed by atoms with Gasteiger partial charge in [0.1, 0.15) is 5.75 Å². The van der Waals surface area contributed by atoms with E-state index in [2.05, 4.69) is 28.2 Å². The van der Waals surface area contributed by atoms with Crippen molar-refractivity contribution in [3.05, 3.63) is 30.0 Å². The quantitative estimate of drug-likeness (QED) is 0.930. The second-order valence-corrected chi connectivity index (χ2v) is 7.32. The molecule has 1 N–H and O–H groups in total. The minimum Gasteiger partial charge on any atom is -0.497 e. The van der Waals surface area contributed by atoms with Gasteiger partial charge in [0.25, 0.3) is 0 Å². The van der Waals surface area contributed by atoms with Crippen LogP contribution in [-0.2, 0) is 11.2 Å². The Bertz CT molecular complexity index is 736. The number of nitrogens with zero attached hydrogens (tertiary/aromatic N) is 1. The minimum atomic E-state index is 0.357. The van der Waals surface area contributed by atoms with Gasteiger partial charge in [-0.2, -0.15) is 0 Å². The average molecular weight is 326 g/mol. The summed E-state index contributed by atoms with van der Waals surface area (Å²) in [7, 11) is 1.69. The molecule has 2 fully saturated rings. The van der Waals surface area contributed by atoms with Crippen molar-refractivity contribution in [2.75, 3.05) is 20.2 Å². The molecule has 128 valence electrons. The van der Waals surface area contributed by atoms with E-state index in [0.29, 0.717) is 11.8 Å². The fourth-order valence-electron chi connectivity index (χ4n) is 4.49. The van der Waals surface area contributed by atoms with Crippen LogP contribution in [-0.4, -0.2) is 36.0 Å². The smallest absolute Gasteiger partial charge is 0.222 e. The Morgan fingerprint density at radius 3 is 2.92 bits per heavy atom. The summed E-state index contributed by atoms with van der Waals surface area (Å²) in [6.07, 6.45) is 8.95. The number of benzene rings is 1. The summed E-state index contributed by atoms with van der Waals surface area (Å²) in [5, 5.41) is 1.20. The number of hydrogen-bond acceptors (Lipinski definition) is 2.